The van der Waals surface area contributed by atoms with Crippen LogP contribution in [0.15, 0.2) is 35.5 Å². The summed E-state index contributed by atoms with van der Waals surface area (Å²) in [7, 11) is -2.17. The van der Waals surface area contributed by atoms with E-state index >= 15 is 0 Å². The summed E-state index contributed by atoms with van der Waals surface area (Å²) in [5.41, 5.74) is 0.310. The molecule has 1 heterocycles. The van der Waals surface area contributed by atoms with Gasteiger partial charge in [0.15, 0.2) is 6.61 Å². The Balaban J connectivity index is 2.21. The minimum atomic E-state index is -3.83. The number of aromatic nitrogens is 2. The number of halogens is 1. The standard InChI is InChI=1S/C12H12ClN3O5S/c1-16-6-8(5-14-16)15-22(19,20)9-2-3-11(10(13)4-9)21-7-12(17)18/h2-6,15H,7H2,1H3,(H,17,18). The van der Waals surface area contributed by atoms with Crippen LogP contribution in [0.25, 0.3) is 0 Å². The van der Waals surface area contributed by atoms with Gasteiger partial charge in [0.1, 0.15) is 5.75 Å². The quantitative estimate of drug-likeness (QED) is 0.817. The summed E-state index contributed by atoms with van der Waals surface area (Å²) in [6, 6.07) is 3.74. The lowest BCUT2D eigenvalue weighted by Gasteiger charge is -2.09. The van der Waals surface area contributed by atoms with Gasteiger partial charge in [0, 0.05) is 13.2 Å². The van der Waals surface area contributed by atoms with E-state index in [1.165, 1.54) is 35.3 Å². The highest BCUT2D eigenvalue weighted by Crippen LogP contribution is 2.28. The molecule has 0 amide bonds. The highest BCUT2D eigenvalue weighted by molar-refractivity contribution is 7.92. The molecule has 0 fully saturated rings. The fourth-order valence-corrected chi connectivity index (χ4v) is 2.95. The molecule has 0 radical (unpaired) electrons. The van der Waals surface area contributed by atoms with Gasteiger partial charge in [-0.3, -0.25) is 9.40 Å². The Bertz CT molecular complexity index is 803. The van der Waals surface area contributed by atoms with E-state index in [-0.39, 0.29) is 15.7 Å². The van der Waals surface area contributed by atoms with Crippen LogP contribution in [-0.4, -0.2) is 35.9 Å². The third-order valence-electron chi connectivity index (χ3n) is 2.52. The molecule has 0 aliphatic heterocycles. The van der Waals surface area contributed by atoms with Gasteiger partial charge in [0.05, 0.1) is 21.8 Å². The maximum absolute atomic E-state index is 12.2. The third kappa shape index (κ3) is 3.89. The number of aliphatic carboxylic acids is 1. The van der Waals surface area contributed by atoms with Crippen molar-refractivity contribution in [2.24, 2.45) is 7.05 Å². The number of benzene rings is 1. The highest BCUT2D eigenvalue weighted by Gasteiger charge is 2.17. The first kappa shape index (κ1) is 16.1. The number of carboxylic acids is 1. The molecule has 0 atom stereocenters. The van der Waals surface area contributed by atoms with Crippen molar-refractivity contribution in [2.75, 3.05) is 11.3 Å². The summed E-state index contributed by atoms with van der Waals surface area (Å²) in [5, 5.41) is 12.4. The minimum Gasteiger partial charge on any atom is -0.480 e. The van der Waals surface area contributed by atoms with Crippen molar-refractivity contribution >= 4 is 33.3 Å². The number of aryl methyl sites for hydroxylation is 1. The Labute approximate surface area is 131 Å². The van der Waals surface area contributed by atoms with Crippen LogP contribution in [-0.2, 0) is 21.9 Å². The second-order valence-electron chi connectivity index (χ2n) is 4.28. The normalized spacial score (nSPS) is 11.2. The van der Waals surface area contributed by atoms with Gasteiger partial charge in [-0.15, -0.1) is 0 Å². The zero-order valence-corrected chi connectivity index (χ0v) is 12.9. The predicted octanol–water partition coefficient (Wildman–Crippen LogP) is 1.34. The topological polar surface area (TPSA) is 111 Å². The van der Waals surface area contributed by atoms with E-state index < -0.39 is 22.6 Å². The smallest absolute Gasteiger partial charge is 0.341 e. The number of hydrogen-bond donors (Lipinski definition) is 2. The molecular formula is C12H12ClN3O5S. The highest BCUT2D eigenvalue weighted by atomic mass is 35.5. The maximum atomic E-state index is 12.2. The van der Waals surface area contributed by atoms with Crippen LogP contribution in [0.4, 0.5) is 5.69 Å². The summed E-state index contributed by atoms with van der Waals surface area (Å²) in [5.74, 6) is -1.07. The molecule has 2 N–H and O–H groups in total. The number of nitrogens with one attached hydrogen (secondary N) is 1. The monoisotopic (exact) mass is 345 g/mol. The van der Waals surface area contributed by atoms with Crippen molar-refractivity contribution in [3.05, 3.63) is 35.6 Å². The molecule has 0 spiro atoms. The van der Waals surface area contributed by atoms with E-state index in [0.29, 0.717) is 5.69 Å². The van der Waals surface area contributed by atoms with Crippen LogP contribution < -0.4 is 9.46 Å². The zero-order valence-electron chi connectivity index (χ0n) is 11.4. The Morgan fingerprint density at radius 3 is 2.77 bits per heavy atom. The molecule has 8 nitrogen and oxygen atoms in total. The first-order chi connectivity index (χ1) is 10.3. The van der Waals surface area contributed by atoms with Gasteiger partial charge in [-0.2, -0.15) is 5.10 Å². The van der Waals surface area contributed by atoms with Gasteiger partial charge in [0.2, 0.25) is 0 Å². The van der Waals surface area contributed by atoms with E-state index in [1.54, 1.807) is 7.05 Å². The lowest BCUT2D eigenvalue weighted by molar-refractivity contribution is -0.139. The molecule has 0 unspecified atom stereocenters. The molecule has 1 aromatic carbocycles. The molecule has 22 heavy (non-hydrogen) atoms. The van der Waals surface area contributed by atoms with E-state index in [1.807, 2.05) is 0 Å². The molecule has 2 rings (SSSR count). The Morgan fingerprint density at radius 2 is 2.23 bits per heavy atom. The molecule has 0 aliphatic rings. The van der Waals surface area contributed by atoms with Crippen molar-refractivity contribution in [3.8, 4) is 5.75 Å². The number of rotatable bonds is 6. The number of sulfonamides is 1. The van der Waals surface area contributed by atoms with Gasteiger partial charge in [-0.05, 0) is 18.2 Å². The molecule has 0 saturated heterocycles. The summed E-state index contributed by atoms with van der Waals surface area (Å²) in [4.78, 5) is 10.4. The van der Waals surface area contributed by atoms with Crippen LogP contribution in [0.5, 0.6) is 5.75 Å². The molecule has 0 bridgehead atoms. The average Bonchev–Trinajstić information content (AvgIpc) is 2.81. The Morgan fingerprint density at radius 1 is 1.50 bits per heavy atom. The van der Waals surface area contributed by atoms with Crippen molar-refractivity contribution in [1.29, 1.82) is 0 Å². The summed E-state index contributed by atoms with van der Waals surface area (Å²) in [6.07, 6.45) is 2.87. The van der Waals surface area contributed by atoms with Crippen molar-refractivity contribution < 1.29 is 23.1 Å². The SMILES string of the molecule is Cn1cc(NS(=O)(=O)c2ccc(OCC(=O)O)c(Cl)c2)cn1. The molecule has 0 saturated carbocycles. The first-order valence-corrected chi connectivity index (χ1v) is 7.79. The molecule has 118 valence electrons. The fourth-order valence-electron chi connectivity index (χ4n) is 1.59. The maximum Gasteiger partial charge on any atom is 0.341 e. The van der Waals surface area contributed by atoms with Crippen molar-refractivity contribution in [3.63, 3.8) is 0 Å². The van der Waals surface area contributed by atoms with Gasteiger partial charge in [-0.1, -0.05) is 11.6 Å². The number of ether oxygens (including phenoxy) is 1. The van der Waals surface area contributed by atoms with Gasteiger partial charge >= 0.3 is 5.97 Å². The molecule has 0 aliphatic carbocycles. The van der Waals surface area contributed by atoms with Crippen LogP contribution in [0.2, 0.25) is 5.02 Å². The van der Waals surface area contributed by atoms with Crippen LogP contribution in [0.1, 0.15) is 0 Å². The predicted molar refractivity (Wildman–Crippen MR) is 78.6 cm³/mol. The molecule has 10 heteroatoms. The second-order valence-corrected chi connectivity index (χ2v) is 6.37. The van der Waals surface area contributed by atoms with Gasteiger partial charge in [-0.25, -0.2) is 13.2 Å². The van der Waals surface area contributed by atoms with E-state index in [4.69, 9.17) is 21.4 Å². The molecular weight excluding hydrogens is 334 g/mol. The number of carboxylic acid groups (broad SMARTS) is 1. The number of carbonyl (C=O) groups is 1. The van der Waals surface area contributed by atoms with Crippen LogP contribution >= 0.6 is 11.6 Å². The molecule has 2 aromatic rings. The van der Waals surface area contributed by atoms with Gasteiger partial charge < -0.3 is 9.84 Å². The number of nitrogens with zero attached hydrogens (tertiary/aromatic N) is 2. The largest absolute Gasteiger partial charge is 0.480 e. The Hall–Kier alpha value is -2.26. The number of anilines is 1. The number of hydrogen-bond acceptors (Lipinski definition) is 5. The summed E-state index contributed by atoms with van der Waals surface area (Å²) < 4.78 is 33.1. The van der Waals surface area contributed by atoms with E-state index in [9.17, 15) is 13.2 Å². The van der Waals surface area contributed by atoms with Crippen molar-refractivity contribution in [1.82, 2.24) is 9.78 Å². The molecule has 1 aromatic heterocycles. The van der Waals surface area contributed by atoms with Crippen molar-refractivity contribution in [2.45, 2.75) is 4.90 Å². The summed E-state index contributed by atoms with van der Waals surface area (Å²) in [6.45, 7) is -0.570. The van der Waals surface area contributed by atoms with E-state index in [2.05, 4.69) is 9.82 Å². The first-order valence-electron chi connectivity index (χ1n) is 5.93. The Kier molecular flexibility index (Phi) is 4.57. The lowest BCUT2D eigenvalue weighted by atomic mass is 10.3. The van der Waals surface area contributed by atoms with Crippen LogP contribution in [0, 0.1) is 0 Å². The minimum absolute atomic E-state index is 0.00434. The lowest BCUT2D eigenvalue weighted by Crippen LogP contribution is -2.13. The van der Waals surface area contributed by atoms with Gasteiger partial charge in [0.25, 0.3) is 10.0 Å². The van der Waals surface area contributed by atoms with E-state index in [0.717, 1.165) is 0 Å². The average molecular weight is 346 g/mol. The fraction of sp³-hybridized carbons (Fsp3) is 0.167. The zero-order chi connectivity index (χ0) is 16.3. The second kappa shape index (κ2) is 6.24. The van der Waals surface area contributed by atoms with Crippen LogP contribution in [0.3, 0.4) is 0 Å². The summed E-state index contributed by atoms with van der Waals surface area (Å²) >= 11 is 5.90. The third-order valence-corrected chi connectivity index (χ3v) is 4.20.